The molecule has 0 amide bonds. The second-order valence-electron chi connectivity index (χ2n) is 18.1. The van der Waals surface area contributed by atoms with Crippen molar-refractivity contribution in [3.63, 3.8) is 0 Å². The van der Waals surface area contributed by atoms with Gasteiger partial charge in [0.05, 0.1) is 31.2 Å². The second kappa shape index (κ2) is 23.6. The molecule has 1 aliphatic carbocycles. The molecule has 1 atom stereocenters. The van der Waals surface area contributed by atoms with Gasteiger partial charge in [-0.2, -0.15) is 8.78 Å². The summed E-state index contributed by atoms with van der Waals surface area (Å²) in [6, 6.07) is 11.0. The Hall–Kier alpha value is -5.06. The number of unbranched alkanes of at least 4 members (excludes halogenated alkanes) is 2. The Morgan fingerprint density at radius 2 is 1.42 bits per heavy atom. The molecule has 0 saturated heterocycles. The van der Waals surface area contributed by atoms with Gasteiger partial charge in [0.25, 0.3) is 0 Å². The van der Waals surface area contributed by atoms with E-state index in [9.17, 15) is 74.2 Å². The van der Waals surface area contributed by atoms with Gasteiger partial charge in [0, 0.05) is 66.4 Å². The van der Waals surface area contributed by atoms with E-state index in [0.29, 0.717) is 40.4 Å². The maximum absolute atomic E-state index is 14.5. The fraction of sp³-hybridized carbons (Fsp3) is 0.447. The molecule has 0 N–H and O–H groups in total. The summed E-state index contributed by atoms with van der Waals surface area (Å²) in [6.45, 7) is 8.61. The third kappa shape index (κ3) is 15.3. The molecule has 1 unspecified atom stereocenters. The fourth-order valence-electron chi connectivity index (χ4n) is 8.41. The molecule has 2 aromatic rings. The van der Waals surface area contributed by atoms with Gasteiger partial charge < -0.3 is 37.0 Å². The highest BCUT2D eigenvalue weighted by Gasteiger charge is 2.43. The van der Waals surface area contributed by atoms with Gasteiger partial charge in [0.2, 0.25) is 22.7 Å². The summed E-state index contributed by atoms with van der Waals surface area (Å²) < 4.78 is 215. The van der Waals surface area contributed by atoms with Gasteiger partial charge in [-0.15, -0.1) is 0 Å². The van der Waals surface area contributed by atoms with Gasteiger partial charge in [0.15, 0.2) is 18.2 Å². The van der Waals surface area contributed by atoms with Crippen LogP contribution in [0.4, 0.5) is 23.2 Å². The minimum Gasteiger partial charge on any atom is -0.748 e. The number of anilines is 1. The zero-order valence-corrected chi connectivity index (χ0v) is 42.8. The molecular formula is C47H55F4N2O16S4-3. The van der Waals surface area contributed by atoms with Crippen molar-refractivity contribution in [2.45, 2.75) is 101 Å². The zero-order valence-electron chi connectivity index (χ0n) is 39.5. The molecule has 0 radical (unpaired) electrons. The van der Waals surface area contributed by atoms with Crippen molar-refractivity contribution in [3.8, 4) is 17.1 Å². The molecule has 73 heavy (non-hydrogen) atoms. The van der Waals surface area contributed by atoms with Crippen molar-refractivity contribution in [1.29, 1.82) is 0 Å². The summed E-state index contributed by atoms with van der Waals surface area (Å²) in [4.78, 5) is 11.3. The van der Waals surface area contributed by atoms with Gasteiger partial charge in [-0.05, 0) is 91.6 Å². The monoisotopic (exact) mass is 1110 g/mol. The van der Waals surface area contributed by atoms with E-state index in [-0.39, 0.29) is 65.6 Å². The molecule has 0 fully saturated rings. The molecule has 18 nitrogen and oxygen atoms in total. The maximum atomic E-state index is 14.5. The second-order valence-corrected chi connectivity index (χ2v) is 23.9. The van der Waals surface area contributed by atoms with E-state index in [4.69, 9.17) is 9.15 Å². The Morgan fingerprint density at radius 1 is 0.795 bits per heavy atom. The highest BCUT2D eigenvalue weighted by Crippen LogP contribution is 2.51. The number of fused-ring (bicyclic) bond motifs is 2. The van der Waals surface area contributed by atoms with Crippen LogP contribution in [0.5, 0.6) is 5.75 Å². The first-order chi connectivity index (χ1) is 33.3. The number of ether oxygens (including phenoxy) is 2. The van der Waals surface area contributed by atoms with E-state index in [1.165, 1.54) is 19.2 Å². The zero-order chi connectivity index (χ0) is 53.8. The first kappa shape index (κ1) is 60.5. The normalized spacial score (nSPS) is 16.6. The van der Waals surface area contributed by atoms with Crippen molar-refractivity contribution in [1.82, 2.24) is 4.58 Å². The minimum atomic E-state index is -6.01. The lowest BCUT2D eigenvalue weighted by Crippen LogP contribution is -2.34. The number of methoxy groups -OCH3 is 1. The molecule has 0 bridgehead atoms. The summed E-state index contributed by atoms with van der Waals surface area (Å²) >= 11 is 0. The van der Waals surface area contributed by atoms with E-state index in [1.54, 1.807) is 36.1 Å². The Labute approximate surface area is 422 Å². The Balaban J connectivity index is 0.0000116. The predicted molar refractivity (Wildman–Crippen MR) is 255 cm³/mol. The maximum Gasteiger partial charge on any atom is 0.311 e. The van der Waals surface area contributed by atoms with Crippen molar-refractivity contribution >= 4 is 58.2 Å². The van der Waals surface area contributed by atoms with Crippen LogP contribution in [0.2, 0.25) is 0 Å². The molecule has 2 heterocycles. The molecule has 3 aliphatic rings. The van der Waals surface area contributed by atoms with Gasteiger partial charge in [-0.25, -0.2) is 47.0 Å². The predicted octanol–water partition coefficient (Wildman–Crippen LogP) is 6.20. The smallest absolute Gasteiger partial charge is 0.311 e. The summed E-state index contributed by atoms with van der Waals surface area (Å²) in [5, 5.41) is 0.654. The SMILES string of the molecule is C.COCC[N+](CCCS(=O)(=O)[O-])=c1ccc2c(C(C)(C)C)cc(/C=C/C=C3/N(CCCCCC(=O)Oc4c(F)c(F)c(S(=O)(=O)[O-])c(F)c4F)c4ccc(S(=O)(=O)[O-])cc4C3(C)CCCS(=O)(=O)[O-])oc-2c1. The lowest BCUT2D eigenvalue weighted by molar-refractivity contribution is -0.135. The number of carbonyl (C=O) groups is 1. The van der Waals surface area contributed by atoms with Crippen LogP contribution in [0, 0.1) is 23.3 Å². The number of halogens is 4. The van der Waals surface area contributed by atoms with E-state index in [0.717, 1.165) is 17.2 Å². The number of hydrogen-bond donors (Lipinski definition) is 0. The van der Waals surface area contributed by atoms with Gasteiger partial charge in [-0.3, -0.25) is 4.79 Å². The lowest BCUT2D eigenvalue weighted by Gasteiger charge is -2.31. The highest BCUT2D eigenvalue weighted by atomic mass is 32.2. The van der Waals surface area contributed by atoms with Crippen LogP contribution in [0.1, 0.15) is 97.0 Å². The standard InChI is InChI=1S/C46H54F4N2O16S4.CH4/c1-45(2,3)33-27-30(67-36-26-29(15-17-32(33)36)51(22-23-66-5)20-11-25-70(57,58)59)12-9-13-37-46(4,19-10-24-69(54,55)56)34-28-31(71(60,61)62)16-18-35(34)52(37)21-8-6-7-14-38(53)68-43-39(47)41(49)44(72(63,64)65)42(50)40(43)48;/h9,12-13,15-18,26-28H,6-8,10-11,14,19-25H2,1-5H3,(H3-,54,55,56,57,58,59,60,61,62,63,64,65);1H4/p-3. The van der Waals surface area contributed by atoms with Crippen LogP contribution in [-0.4, -0.2) is 103 Å². The number of hydrogen-bond acceptors (Lipinski definition) is 17. The Kier molecular flexibility index (Phi) is 19.6. The number of carbonyl (C=O) groups excluding carboxylic acids is 1. The van der Waals surface area contributed by atoms with Crippen molar-refractivity contribution in [3.05, 3.63) is 106 Å². The molecule has 0 spiro atoms. The van der Waals surface area contributed by atoms with Crippen LogP contribution in [-0.2, 0) is 60.8 Å². The van der Waals surface area contributed by atoms with Gasteiger partial charge in [0.1, 0.15) is 49.8 Å². The molecule has 404 valence electrons. The van der Waals surface area contributed by atoms with Crippen molar-refractivity contribution in [2.75, 3.05) is 49.8 Å². The molecule has 26 heteroatoms. The molecule has 2 aliphatic heterocycles. The number of nitrogens with zero attached hydrogens (tertiary/aromatic N) is 2. The largest absolute Gasteiger partial charge is 0.748 e. The first-order valence-electron chi connectivity index (χ1n) is 22.1. The Morgan fingerprint density at radius 3 is 2.00 bits per heavy atom. The molecular weight excluding hydrogens is 1050 g/mol. The topological polar surface area (TPSA) is 284 Å². The summed E-state index contributed by atoms with van der Waals surface area (Å²) in [7, 11) is -18.7. The number of rotatable bonds is 22. The average molecular weight is 1110 g/mol. The van der Waals surface area contributed by atoms with E-state index in [1.807, 2.05) is 43.5 Å². The lowest BCUT2D eigenvalue weighted by atomic mass is 9.77. The fourth-order valence-corrected chi connectivity index (χ4v) is 10.5. The summed E-state index contributed by atoms with van der Waals surface area (Å²) in [5.74, 6) is -13.8. The number of esters is 1. The van der Waals surface area contributed by atoms with Crippen LogP contribution in [0.3, 0.4) is 0 Å². The van der Waals surface area contributed by atoms with Gasteiger partial charge in [-0.1, -0.05) is 40.7 Å². The quantitative estimate of drug-likeness (QED) is 0.0161. The average Bonchev–Trinajstić information content (AvgIpc) is 3.48. The van der Waals surface area contributed by atoms with Crippen molar-refractivity contribution in [2.24, 2.45) is 0 Å². The van der Waals surface area contributed by atoms with E-state index in [2.05, 4.69) is 4.74 Å². The van der Waals surface area contributed by atoms with E-state index < -0.39 is 114 Å². The summed E-state index contributed by atoms with van der Waals surface area (Å²) in [6.07, 6.45) is 4.48. The van der Waals surface area contributed by atoms with Crippen LogP contribution < -0.4 is 19.6 Å². The summed E-state index contributed by atoms with van der Waals surface area (Å²) in [5.41, 5.74) is 1.10. The molecule has 5 rings (SSSR count). The van der Waals surface area contributed by atoms with Gasteiger partial charge >= 0.3 is 5.97 Å². The van der Waals surface area contributed by atoms with Crippen LogP contribution in [0.15, 0.2) is 74.5 Å². The molecule has 2 aromatic carbocycles. The first-order valence-corrected chi connectivity index (χ1v) is 28.1. The van der Waals surface area contributed by atoms with Crippen LogP contribution in [0.25, 0.3) is 17.4 Å². The number of allylic oxidation sites excluding steroid dienone is 3. The highest BCUT2D eigenvalue weighted by molar-refractivity contribution is 7.86. The van der Waals surface area contributed by atoms with Crippen LogP contribution >= 0.6 is 0 Å². The minimum absolute atomic E-state index is 0. The molecule has 0 saturated carbocycles. The third-order valence-electron chi connectivity index (χ3n) is 11.8. The molecule has 0 aromatic heterocycles. The van der Waals surface area contributed by atoms with E-state index >= 15 is 0 Å². The third-order valence-corrected chi connectivity index (χ3v) is 15.1. The van der Waals surface area contributed by atoms with Crippen molar-refractivity contribution < 1.29 is 88.1 Å². The Bertz CT molecular complexity index is 3250. The number of benzene rings is 3.